The molecule has 0 aromatic rings. The number of hydrogen-bond acceptors (Lipinski definition) is 14. The summed E-state index contributed by atoms with van der Waals surface area (Å²) in [5.41, 5.74) is -0.0268. The van der Waals surface area contributed by atoms with E-state index in [-0.39, 0.29) is 35.4 Å². The summed E-state index contributed by atoms with van der Waals surface area (Å²) in [4.78, 5) is 14.2. The molecule has 0 bridgehead atoms. The van der Waals surface area contributed by atoms with Crippen molar-refractivity contribution in [3.63, 3.8) is 0 Å². The van der Waals surface area contributed by atoms with Crippen LogP contribution in [-0.4, -0.2) is 141 Å². The molecule has 4 aliphatic heterocycles. The highest BCUT2D eigenvalue weighted by Gasteiger charge is 2.67. The first-order valence-electron chi connectivity index (χ1n) is 19.9. The Morgan fingerprint density at radius 3 is 2.23 bits per heavy atom. The van der Waals surface area contributed by atoms with Crippen LogP contribution in [0, 0.1) is 52.8 Å². The number of carbonyl (C=O) groups is 1. The molecule has 0 amide bonds. The molecular weight excluding hydrogens is 680 g/mol. The standard InChI is InChI=1S/C38H60O14/c1-16-6-9-38(48-14-16)17(2)27-24(52-38)11-21-20-5-4-18-10-19(7-8-37(18,3)22(20)12-23(40)28(21)27)49-36-34(46)32(44)30(42)26(51-36)15-47-35-33(45)31(43)29(41)25(13-39)50-35/h16-22,24-36,39,41-46H,4-15H2,1-3H3/t16-,17+,18+,19+,20+,21+,22+,24+,25-,26-,27+,28+,29-,30-,31+,32+,33-,34-,35+,36+,37+,38-/m1/s1. The number of carbonyl (C=O) groups excluding carboxylic acids is 1. The average Bonchev–Trinajstić information content (AvgIpc) is 3.63. The number of ether oxygens (including phenoxy) is 6. The fourth-order valence-electron chi connectivity index (χ4n) is 12.3. The normalized spacial score (nSPS) is 57.6. The van der Waals surface area contributed by atoms with Crippen LogP contribution in [0.25, 0.3) is 0 Å². The summed E-state index contributed by atoms with van der Waals surface area (Å²) in [5.74, 6) is 2.32. The van der Waals surface area contributed by atoms with Gasteiger partial charge in [-0.15, -0.1) is 0 Å². The zero-order chi connectivity index (χ0) is 36.9. The third kappa shape index (κ3) is 6.15. The van der Waals surface area contributed by atoms with E-state index in [9.17, 15) is 40.5 Å². The molecule has 0 unspecified atom stereocenters. The van der Waals surface area contributed by atoms with Gasteiger partial charge in [-0.25, -0.2) is 0 Å². The van der Waals surface area contributed by atoms with Crippen molar-refractivity contribution in [2.75, 3.05) is 19.8 Å². The van der Waals surface area contributed by atoms with Crippen molar-refractivity contribution < 1.29 is 69.0 Å². The first-order valence-corrected chi connectivity index (χ1v) is 19.9. The molecule has 0 aromatic heterocycles. The molecule has 4 saturated heterocycles. The fraction of sp³-hybridized carbons (Fsp3) is 0.974. The molecule has 8 aliphatic rings. The Hall–Kier alpha value is -0.850. The SMILES string of the molecule is C[C@@H]1CC[C@@]2(OC1)O[C@H]1C[C@H]3[C@@H]4CC[C@H]5C[C@@H](O[C@H]6O[C@H](CO[C@H]7O[C@H](CO)[C@@H](O)[C@H](O)[C@H]7O)[C@@H](O)[C@H](O)[C@H]6O)CC[C@]5(C)[C@H]4CC(=O)[C@H]3[C@H]1[C@@H]2C. The largest absolute Gasteiger partial charge is 0.394 e. The number of aliphatic hydroxyl groups is 7. The van der Waals surface area contributed by atoms with Gasteiger partial charge in [0.05, 0.1) is 32.0 Å². The minimum absolute atomic E-state index is 0.0268. The second kappa shape index (κ2) is 14.3. The monoisotopic (exact) mass is 740 g/mol. The number of ketones is 1. The van der Waals surface area contributed by atoms with Crippen LogP contribution >= 0.6 is 0 Å². The van der Waals surface area contributed by atoms with Gasteiger partial charge in [0.1, 0.15) is 54.6 Å². The number of fused-ring (bicyclic) bond motifs is 7. The van der Waals surface area contributed by atoms with Gasteiger partial charge in [0.25, 0.3) is 0 Å². The first kappa shape index (κ1) is 38.0. The Morgan fingerprint density at radius 2 is 1.52 bits per heavy atom. The van der Waals surface area contributed by atoms with E-state index >= 15 is 0 Å². The van der Waals surface area contributed by atoms with Crippen LogP contribution in [0.1, 0.15) is 78.6 Å². The van der Waals surface area contributed by atoms with Gasteiger partial charge >= 0.3 is 0 Å². The molecular formula is C38H60O14. The lowest BCUT2D eigenvalue weighted by molar-refractivity contribution is -0.338. The van der Waals surface area contributed by atoms with Crippen LogP contribution in [0.5, 0.6) is 0 Å². The topological polar surface area (TPSA) is 214 Å². The third-order valence-corrected chi connectivity index (χ3v) is 15.3. The lowest BCUT2D eigenvalue weighted by atomic mass is 9.46. The molecule has 52 heavy (non-hydrogen) atoms. The summed E-state index contributed by atoms with van der Waals surface area (Å²) in [7, 11) is 0. The molecule has 7 N–H and O–H groups in total. The number of aliphatic hydroxyl groups excluding tert-OH is 7. The van der Waals surface area contributed by atoms with Crippen molar-refractivity contribution >= 4 is 5.78 Å². The zero-order valence-electron chi connectivity index (χ0n) is 30.5. The summed E-state index contributed by atoms with van der Waals surface area (Å²) in [6.07, 6.45) is -6.86. The van der Waals surface area contributed by atoms with Gasteiger partial charge in [-0.05, 0) is 80.0 Å². The van der Waals surface area contributed by atoms with Crippen molar-refractivity contribution in [2.24, 2.45) is 52.8 Å². The van der Waals surface area contributed by atoms with Gasteiger partial charge in [-0.2, -0.15) is 0 Å². The molecule has 4 aliphatic carbocycles. The summed E-state index contributed by atoms with van der Waals surface area (Å²) < 4.78 is 36.4. The van der Waals surface area contributed by atoms with E-state index < -0.39 is 80.4 Å². The summed E-state index contributed by atoms with van der Waals surface area (Å²) >= 11 is 0. The van der Waals surface area contributed by atoms with Crippen molar-refractivity contribution in [3.8, 4) is 0 Å². The van der Waals surface area contributed by atoms with Gasteiger partial charge < -0.3 is 64.2 Å². The predicted molar refractivity (Wildman–Crippen MR) is 179 cm³/mol. The fourth-order valence-corrected chi connectivity index (χ4v) is 12.3. The van der Waals surface area contributed by atoms with Gasteiger partial charge in [0.2, 0.25) is 0 Å². The van der Waals surface area contributed by atoms with E-state index in [0.717, 1.165) is 51.6 Å². The van der Waals surface area contributed by atoms with Crippen LogP contribution in [0.15, 0.2) is 0 Å². The lowest BCUT2D eigenvalue weighted by Gasteiger charge is -2.59. The molecule has 1 spiro atoms. The van der Waals surface area contributed by atoms with Gasteiger partial charge in [0, 0.05) is 30.6 Å². The minimum atomic E-state index is -1.64. The van der Waals surface area contributed by atoms with Crippen molar-refractivity contribution in [3.05, 3.63) is 0 Å². The Morgan fingerprint density at radius 1 is 0.808 bits per heavy atom. The van der Waals surface area contributed by atoms with Crippen molar-refractivity contribution in [2.45, 2.75) is 158 Å². The van der Waals surface area contributed by atoms with Crippen LogP contribution in [-0.2, 0) is 33.2 Å². The molecule has 14 nitrogen and oxygen atoms in total. The van der Waals surface area contributed by atoms with Gasteiger partial charge in [-0.1, -0.05) is 20.8 Å². The predicted octanol–water partition coefficient (Wildman–Crippen LogP) is 0.231. The quantitative estimate of drug-likeness (QED) is 0.182. The number of hydrogen-bond donors (Lipinski definition) is 7. The maximum Gasteiger partial charge on any atom is 0.186 e. The average molecular weight is 741 g/mol. The van der Waals surface area contributed by atoms with E-state index in [4.69, 9.17) is 28.4 Å². The second-order valence-corrected chi connectivity index (χ2v) is 18.0. The molecule has 22 atom stereocenters. The summed E-state index contributed by atoms with van der Waals surface area (Å²) in [6, 6.07) is 0. The molecule has 4 heterocycles. The Kier molecular flexibility index (Phi) is 10.4. The Bertz CT molecular complexity index is 1290. The van der Waals surface area contributed by atoms with Crippen LogP contribution in [0.4, 0.5) is 0 Å². The van der Waals surface area contributed by atoms with Crippen LogP contribution in [0.2, 0.25) is 0 Å². The number of Topliss-reactive ketones (excluding diaryl/α,β-unsaturated/α-hetero) is 1. The highest BCUT2D eigenvalue weighted by molar-refractivity contribution is 5.83. The van der Waals surface area contributed by atoms with E-state index in [1.54, 1.807) is 0 Å². The highest BCUT2D eigenvalue weighted by Crippen LogP contribution is 2.66. The molecule has 8 rings (SSSR count). The summed E-state index contributed by atoms with van der Waals surface area (Å²) in [6.45, 7) is 6.52. The summed E-state index contributed by atoms with van der Waals surface area (Å²) in [5, 5.41) is 72.3. The smallest absolute Gasteiger partial charge is 0.186 e. The molecule has 0 radical (unpaired) electrons. The van der Waals surface area contributed by atoms with Gasteiger partial charge in [-0.3, -0.25) is 4.79 Å². The highest BCUT2D eigenvalue weighted by atomic mass is 16.7. The third-order valence-electron chi connectivity index (χ3n) is 15.3. The number of rotatable bonds is 6. The zero-order valence-corrected chi connectivity index (χ0v) is 30.5. The molecule has 296 valence electrons. The van der Waals surface area contributed by atoms with E-state index in [2.05, 4.69) is 20.8 Å². The lowest BCUT2D eigenvalue weighted by Crippen LogP contribution is -2.62. The Balaban J connectivity index is 0.889. The molecule has 8 fully saturated rings. The first-order chi connectivity index (χ1) is 24.8. The maximum absolute atomic E-state index is 14.2. The van der Waals surface area contributed by atoms with E-state index in [0.29, 0.717) is 48.2 Å². The maximum atomic E-state index is 14.2. The molecule has 14 heteroatoms. The van der Waals surface area contributed by atoms with Crippen molar-refractivity contribution in [1.29, 1.82) is 0 Å². The van der Waals surface area contributed by atoms with Crippen molar-refractivity contribution in [1.82, 2.24) is 0 Å². The van der Waals surface area contributed by atoms with Crippen LogP contribution < -0.4 is 0 Å². The van der Waals surface area contributed by atoms with E-state index in [1.165, 1.54) is 0 Å². The molecule has 0 aromatic carbocycles. The van der Waals surface area contributed by atoms with E-state index in [1.807, 2.05) is 0 Å². The van der Waals surface area contributed by atoms with Gasteiger partial charge in [0.15, 0.2) is 18.4 Å². The second-order valence-electron chi connectivity index (χ2n) is 18.0. The molecule has 4 saturated carbocycles. The Labute approximate surface area is 305 Å². The minimum Gasteiger partial charge on any atom is -0.394 e. The van der Waals surface area contributed by atoms with Crippen LogP contribution in [0.3, 0.4) is 0 Å².